The van der Waals surface area contributed by atoms with Crippen LogP contribution in [0.4, 0.5) is 5.69 Å². The lowest BCUT2D eigenvalue weighted by molar-refractivity contribution is -0.168. The number of carbonyl (C=O) groups is 3. The molecule has 1 aromatic heterocycles. The van der Waals surface area contributed by atoms with E-state index in [1.165, 1.54) is 12.2 Å². The van der Waals surface area contributed by atoms with Crippen LogP contribution in [-0.4, -0.2) is 36.0 Å². The van der Waals surface area contributed by atoms with E-state index in [0.29, 0.717) is 11.2 Å². The Morgan fingerprint density at radius 3 is 2.26 bits per heavy atom. The van der Waals surface area contributed by atoms with Gasteiger partial charge in [-0.05, 0) is 31.5 Å². The Bertz CT molecular complexity index is 1150. The van der Waals surface area contributed by atoms with Crippen LogP contribution in [-0.2, 0) is 30.3 Å². The number of hydrogen-bond donors (Lipinski definition) is 1. The van der Waals surface area contributed by atoms with E-state index in [9.17, 15) is 14.4 Å². The number of fused-ring (bicyclic) bond motifs is 1. The minimum atomic E-state index is -1.70. The molecule has 2 aromatic carbocycles. The number of pyridine rings is 1. The highest BCUT2D eigenvalue weighted by atomic mass is 16.6. The Labute approximate surface area is 198 Å². The summed E-state index contributed by atoms with van der Waals surface area (Å²) in [5.74, 6) is -1.74. The van der Waals surface area contributed by atoms with Crippen LogP contribution in [0.15, 0.2) is 79.0 Å². The lowest BCUT2D eigenvalue weighted by atomic mass is 9.80. The van der Waals surface area contributed by atoms with Crippen molar-refractivity contribution < 1.29 is 23.9 Å². The first-order valence-electron chi connectivity index (χ1n) is 11.2. The molecule has 0 saturated heterocycles. The Morgan fingerprint density at radius 2 is 1.59 bits per heavy atom. The molecular formula is C27H28N2O5. The van der Waals surface area contributed by atoms with Gasteiger partial charge in [0.25, 0.3) is 0 Å². The molecule has 0 bridgehead atoms. The molecule has 34 heavy (non-hydrogen) atoms. The smallest absolute Gasteiger partial charge is 0.327 e. The second-order valence-electron chi connectivity index (χ2n) is 7.61. The van der Waals surface area contributed by atoms with Gasteiger partial charge in [-0.2, -0.15) is 0 Å². The topological polar surface area (TPSA) is 94.6 Å². The number of carbonyl (C=O) groups excluding carboxylic acids is 3. The fourth-order valence-corrected chi connectivity index (χ4v) is 3.63. The van der Waals surface area contributed by atoms with Crippen molar-refractivity contribution in [3.05, 3.63) is 84.6 Å². The summed E-state index contributed by atoms with van der Waals surface area (Å²) in [5, 5.41) is 3.75. The molecule has 0 unspecified atom stereocenters. The van der Waals surface area contributed by atoms with Crippen LogP contribution in [0.1, 0.15) is 25.8 Å². The third-order valence-electron chi connectivity index (χ3n) is 5.22. The standard InChI is InChI=1S/C27H28N2O5/c1-3-33-25(31)27(26(32)34-4-2,19-20-11-6-5-7-12-20)17-9-16-23(30)29-22-15-8-13-21-14-10-18-28-24(21)22/h5-15,17-18H,3-4,16,19H2,1-2H3,(H,29,30)/b17-9+. The fourth-order valence-electron chi connectivity index (χ4n) is 3.63. The third kappa shape index (κ3) is 5.86. The number of nitrogens with zero attached hydrogens (tertiary/aromatic N) is 1. The predicted molar refractivity (Wildman–Crippen MR) is 130 cm³/mol. The molecule has 0 aliphatic rings. The van der Waals surface area contributed by atoms with Crippen LogP contribution in [0.25, 0.3) is 10.9 Å². The lowest BCUT2D eigenvalue weighted by Crippen LogP contribution is -2.42. The number of hydrogen-bond acceptors (Lipinski definition) is 6. The monoisotopic (exact) mass is 460 g/mol. The summed E-state index contributed by atoms with van der Waals surface area (Å²) in [4.78, 5) is 43.0. The Hall–Kier alpha value is -4.00. The highest BCUT2D eigenvalue weighted by Crippen LogP contribution is 2.30. The van der Waals surface area contributed by atoms with Gasteiger partial charge in [-0.3, -0.25) is 19.4 Å². The quantitative estimate of drug-likeness (QED) is 0.272. The average Bonchev–Trinajstić information content (AvgIpc) is 2.84. The van der Waals surface area contributed by atoms with E-state index in [1.54, 1.807) is 26.1 Å². The molecule has 3 aromatic rings. The Balaban J connectivity index is 1.85. The molecular weight excluding hydrogens is 432 g/mol. The molecule has 7 heteroatoms. The first-order valence-corrected chi connectivity index (χ1v) is 11.2. The van der Waals surface area contributed by atoms with Gasteiger partial charge in [0.15, 0.2) is 5.41 Å². The van der Waals surface area contributed by atoms with E-state index in [-0.39, 0.29) is 32.0 Å². The SMILES string of the molecule is CCOC(=O)C(/C=C/CC(=O)Nc1cccc2cccnc12)(Cc1ccccc1)C(=O)OCC. The molecule has 0 saturated carbocycles. The van der Waals surface area contributed by atoms with Crippen LogP contribution in [0.2, 0.25) is 0 Å². The zero-order valence-electron chi connectivity index (χ0n) is 19.3. The van der Waals surface area contributed by atoms with Crippen molar-refractivity contribution in [3.8, 4) is 0 Å². The van der Waals surface area contributed by atoms with Crippen LogP contribution in [0.3, 0.4) is 0 Å². The van der Waals surface area contributed by atoms with Gasteiger partial charge in [0.05, 0.1) is 24.4 Å². The zero-order valence-corrected chi connectivity index (χ0v) is 19.3. The van der Waals surface area contributed by atoms with E-state index in [2.05, 4.69) is 10.3 Å². The number of rotatable bonds is 10. The van der Waals surface area contributed by atoms with E-state index >= 15 is 0 Å². The molecule has 0 radical (unpaired) electrons. The number of esters is 2. The van der Waals surface area contributed by atoms with Crippen molar-refractivity contribution in [3.63, 3.8) is 0 Å². The minimum Gasteiger partial charge on any atom is -0.465 e. The molecule has 0 aliphatic heterocycles. The van der Waals surface area contributed by atoms with Crippen LogP contribution >= 0.6 is 0 Å². The van der Waals surface area contributed by atoms with Gasteiger partial charge < -0.3 is 14.8 Å². The molecule has 0 spiro atoms. The van der Waals surface area contributed by atoms with Crippen molar-refractivity contribution in [1.29, 1.82) is 0 Å². The molecule has 0 aliphatic carbocycles. The van der Waals surface area contributed by atoms with Crippen LogP contribution in [0.5, 0.6) is 0 Å². The highest BCUT2D eigenvalue weighted by Gasteiger charge is 2.46. The van der Waals surface area contributed by atoms with E-state index in [0.717, 1.165) is 10.9 Å². The summed E-state index contributed by atoms with van der Waals surface area (Å²) in [6.45, 7) is 3.56. The summed E-state index contributed by atoms with van der Waals surface area (Å²) in [5.41, 5.74) is 0.329. The van der Waals surface area contributed by atoms with Gasteiger partial charge in [0.2, 0.25) is 5.91 Å². The first kappa shape index (κ1) is 24.6. The maximum atomic E-state index is 13.0. The first-order chi connectivity index (χ1) is 16.5. The van der Waals surface area contributed by atoms with Gasteiger partial charge in [0.1, 0.15) is 0 Å². The summed E-state index contributed by atoms with van der Waals surface area (Å²) in [6, 6.07) is 18.4. The fraction of sp³-hybridized carbons (Fsp3) is 0.259. The zero-order chi connectivity index (χ0) is 24.4. The number of para-hydroxylation sites is 1. The summed E-state index contributed by atoms with van der Waals surface area (Å²) in [7, 11) is 0. The molecule has 7 nitrogen and oxygen atoms in total. The number of ether oxygens (including phenoxy) is 2. The number of amides is 1. The highest BCUT2D eigenvalue weighted by molar-refractivity contribution is 6.03. The second kappa shape index (κ2) is 11.7. The van der Waals surface area contributed by atoms with Crippen LogP contribution < -0.4 is 5.32 Å². The lowest BCUT2D eigenvalue weighted by Gasteiger charge is -2.26. The molecule has 1 amide bonds. The molecule has 176 valence electrons. The third-order valence-corrected chi connectivity index (χ3v) is 5.22. The maximum absolute atomic E-state index is 13.0. The molecule has 0 fully saturated rings. The van der Waals surface area contributed by atoms with Gasteiger partial charge in [0, 0.05) is 24.4 Å². The minimum absolute atomic E-state index is 0.0524. The number of aromatic nitrogens is 1. The summed E-state index contributed by atoms with van der Waals surface area (Å²) < 4.78 is 10.5. The normalized spacial score (nSPS) is 11.4. The van der Waals surface area contributed by atoms with Crippen molar-refractivity contribution in [2.75, 3.05) is 18.5 Å². The Kier molecular flexibility index (Phi) is 8.51. The molecule has 1 N–H and O–H groups in total. The molecule has 1 heterocycles. The van der Waals surface area contributed by atoms with Gasteiger partial charge in [-0.15, -0.1) is 0 Å². The number of anilines is 1. The van der Waals surface area contributed by atoms with Gasteiger partial charge in [-0.1, -0.05) is 60.7 Å². The average molecular weight is 461 g/mol. The number of benzene rings is 2. The largest absolute Gasteiger partial charge is 0.465 e. The summed E-state index contributed by atoms with van der Waals surface area (Å²) >= 11 is 0. The second-order valence-corrected chi connectivity index (χ2v) is 7.61. The predicted octanol–water partition coefficient (Wildman–Crippen LogP) is 4.47. The van der Waals surface area contributed by atoms with E-state index in [4.69, 9.17) is 9.47 Å². The van der Waals surface area contributed by atoms with Crippen molar-refractivity contribution >= 4 is 34.4 Å². The Morgan fingerprint density at radius 1 is 0.912 bits per heavy atom. The van der Waals surface area contributed by atoms with Crippen LogP contribution in [0, 0.1) is 5.41 Å². The van der Waals surface area contributed by atoms with E-state index in [1.807, 2.05) is 54.6 Å². The van der Waals surface area contributed by atoms with Crippen molar-refractivity contribution in [2.45, 2.75) is 26.7 Å². The molecule has 0 atom stereocenters. The maximum Gasteiger partial charge on any atom is 0.327 e. The van der Waals surface area contributed by atoms with Crippen molar-refractivity contribution in [2.24, 2.45) is 5.41 Å². The van der Waals surface area contributed by atoms with Crippen molar-refractivity contribution in [1.82, 2.24) is 4.98 Å². The van der Waals surface area contributed by atoms with Gasteiger partial charge in [-0.25, -0.2) is 0 Å². The summed E-state index contributed by atoms with van der Waals surface area (Å²) in [6.07, 6.45) is 4.59. The van der Waals surface area contributed by atoms with Gasteiger partial charge >= 0.3 is 11.9 Å². The molecule has 3 rings (SSSR count). The van der Waals surface area contributed by atoms with E-state index < -0.39 is 17.4 Å². The number of nitrogens with one attached hydrogen (secondary N) is 1.